The molecule has 1 aliphatic heterocycles. The number of hydrogen-bond donors (Lipinski definition) is 1. The molecule has 0 amide bonds. The highest BCUT2D eigenvalue weighted by molar-refractivity contribution is 5.65. The second kappa shape index (κ2) is 4.42. The number of nitrogens with zero attached hydrogens (tertiary/aromatic N) is 1. The van der Waals surface area contributed by atoms with E-state index in [4.69, 9.17) is 10.5 Å². The summed E-state index contributed by atoms with van der Waals surface area (Å²) in [5.41, 5.74) is 5.55. The van der Waals surface area contributed by atoms with Crippen LogP contribution in [-0.2, 0) is 9.53 Å². The van der Waals surface area contributed by atoms with Crippen LogP contribution in [0.4, 0.5) is 0 Å². The van der Waals surface area contributed by atoms with Crippen molar-refractivity contribution in [1.29, 1.82) is 0 Å². The molecule has 1 fully saturated rings. The Hall–Kier alpha value is -0.610. The molecule has 2 N–H and O–H groups in total. The molecule has 4 heteroatoms. The molecule has 0 spiro atoms. The normalized spacial score (nSPS) is 24.3. The Balaban J connectivity index is 2.26. The third-order valence-electron chi connectivity index (χ3n) is 2.20. The zero-order chi connectivity index (χ0) is 8.97. The maximum Gasteiger partial charge on any atom is 0.303 e. The minimum atomic E-state index is -0.224. The fourth-order valence-electron chi connectivity index (χ4n) is 1.51. The molecule has 4 nitrogen and oxygen atoms in total. The molecule has 1 aliphatic rings. The van der Waals surface area contributed by atoms with E-state index in [1.54, 1.807) is 0 Å². The number of nitrogens with two attached hydrogens (primary N) is 1. The molecule has 0 aromatic rings. The molecule has 1 rings (SSSR count). The third kappa shape index (κ3) is 2.46. The van der Waals surface area contributed by atoms with Crippen LogP contribution in [0, 0.1) is 0 Å². The molecule has 12 heavy (non-hydrogen) atoms. The molecule has 0 radical (unpaired) electrons. The lowest BCUT2D eigenvalue weighted by Crippen LogP contribution is -2.37. The first-order valence-electron chi connectivity index (χ1n) is 4.31. The van der Waals surface area contributed by atoms with Gasteiger partial charge >= 0.3 is 5.97 Å². The lowest BCUT2D eigenvalue weighted by molar-refractivity contribution is -0.146. The molecule has 70 valence electrons. The van der Waals surface area contributed by atoms with Crippen molar-refractivity contribution >= 4 is 5.97 Å². The van der Waals surface area contributed by atoms with E-state index in [1.807, 2.05) is 0 Å². The molecular formula is C8H16N2O2. The molecule has 0 saturated carbocycles. The van der Waals surface area contributed by atoms with Gasteiger partial charge in [-0.15, -0.1) is 0 Å². The molecule has 0 aromatic carbocycles. The number of likely N-dealkylation sites (tertiary alicyclic amines) is 1. The Bertz CT molecular complexity index is 161. The van der Waals surface area contributed by atoms with E-state index in [0.29, 0.717) is 19.3 Å². The summed E-state index contributed by atoms with van der Waals surface area (Å²) in [6, 6.07) is 0.407. The van der Waals surface area contributed by atoms with E-state index in [0.717, 1.165) is 19.4 Å². The van der Waals surface area contributed by atoms with Crippen LogP contribution in [0.3, 0.4) is 0 Å². The summed E-state index contributed by atoms with van der Waals surface area (Å²) in [6.45, 7) is 3.47. The Morgan fingerprint density at radius 2 is 2.50 bits per heavy atom. The maximum absolute atomic E-state index is 10.5. The summed E-state index contributed by atoms with van der Waals surface area (Å²) in [7, 11) is 0. The molecule has 0 bridgehead atoms. The molecule has 0 aliphatic carbocycles. The van der Waals surface area contributed by atoms with Crippen molar-refractivity contribution in [3.63, 3.8) is 0 Å². The monoisotopic (exact) mass is 172 g/mol. The van der Waals surface area contributed by atoms with Gasteiger partial charge in [-0.05, 0) is 12.8 Å². The van der Waals surface area contributed by atoms with Crippen molar-refractivity contribution in [3.8, 4) is 0 Å². The van der Waals surface area contributed by atoms with Gasteiger partial charge in [-0.2, -0.15) is 0 Å². The number of ether oxygens (including phenoxy) is 1. The van der Waals surface area contributed by atoms with Crippen LogP contribution < -0.4 is 5.73 Å². The lowest BCUT2D eigenvalue weighted by Gasteiger charge is -2.21. The number of carbonyl (C=O) groups excluding carboxylic acids is 1. The number of carbonyl (C=O) groups is 1. The Labute approximate surface area is 72.7 Å². The average Bonchev–Trinajstić information content (AvgIpc) is 2.47. The molecule has 1 heterocycles. The van der Waals surface area contributed by atoms with Crippen molar-refractivity contribution < 1.29 is 9.53 Å². The van der Waals surface area contributed by atoms with Crippen molar-refractivity contribution in [2.45, 2.75) is 25.8 Å². The fourth-order valence-corrected chi connectivity index (χ4v) is 1.51. The molecule has 1 atom stereocenters. The predicted molar refractivity (Wildman–Crippen MR) is 45.4 cm³/mol. The minimum Gasteiger partial charge on any atom is -0.450 e. The van der Waals surface area contributed by atoms with Gasteiger partial charge in [0.05, 0.1) is 0 Å². The van der Waals surface area contributed by atoms with Crippen LogP contribution in [0.2, 0.25) is 0 Å². The SMILES string of the molecule is CC(=O)OCN1CCC[C@@H]1CN. The van der Waals surface area contributed by atoms with Gasteiger partial charge in [-0.1, -0.05) is 0 Å². The summed E-state index contributed by atoms with van der Waals surface area (Å²) in [4.78, 5) is 12.6. The van der Waals surface area contributed by atoms with Gasteiger partial charge in [0, 0.05) is 26.1 Å². The van der Waals surface area contributed by atoms with Crippen molar-refractivity contribution in [1.82, 2.24) is 4.90 Å². The van der Waals surface area contributed by atoms with E-state index in [-0.39, 0.29) is 5.97 Å². The maximum atomic E-state index is 10.5. The summed E-state index contributed by atoms with van der Waals surface area (Å²) in [6.07, 6.45) is 2.28. The molecule has 0 aromatic heterocycles. The van der Waals surface area contributed by atoms with Crippen molar-refractivity contribution in [2.75, 3.05) is 19.8 Å². The van der Waals surface area contributed by atoms with Crippen LogP contribution in [0.1, 0.15) is 19.8 Å². The fraction of sp³-hybridized carbons (Fsp3) is 0.875. The van der Waals surface area contributed by atoms with Crippen LogP contribution >= 0.6 is 0 Å². The second-order valence-electron chi connectivity index (χ2n) is 3.11. The third-order valence-corrected chi connectivity index (χ3v) is 2.20. The predicted octanol–water partition coefficient (Wildman–Crippen LogP) is -0.0699. The minimum absolute atomic E-state index is 0.224. The van der Waals surface area contributed by atoms with E-state index in [9.17, 15) is 4.79 Å². The average molecular weight is 172 g/mol. The van der Waals surface area contributed by atoms with Crippen LogP contribution in [0.25, 0.3) is 0 Å². The number of hydrogen-bond acceptors (Lipinski definition) is 4. The van der Waals surface area contributed by atoms with Gasteiger partial charge in [-0.25, -0.2) is 0 Å². The summed E-state index contributed by atoms with van der Waals surface area (Å²) < 4.78 is 4.89. The van der Waals surface area contributed by atoms with E-state index in [1.165, 1.54) is 6.92 Å². The van der Waals surface area contributed by atoms with Crippen molar-refractivity contribution in [3.05, 3.63) is 0 Å². The van der Waals surface area contributed by atoms with Crippen LogP contribution in [0.15, 0.2) is 0 Å². The first kappa shape index (κ1) is 9.48. The van der Waals surface area contributed by atoms with Crippen LogP contribution in [0.5, 0.6) is 0 Å². The summed E-state index contributed by atoms with van der Waals surface area (Å²) in [5.74, 6) is -0.224. The zero-order valence-corrected chi connectivity index (χ0v) is 7.45. The highest BCUT2D eigenvalue weighted by Crippen LogP contribution is 2.15. The van der Waals surface area contributed by atoms with Gasteiger partial charge in [0.15, 0.2) is 0 Å². The highest BCUT2D eigenvalue weighted by atomic mass is 16.5. The topological polar surface area (TPSA) is 55.6 Å². The Morgan fingerprint density at radius 3 is 3.08 bits per heavy atom. The molecule has 1 saturated heterocycles. The van der Waals surface area contributed by atoms with Gasteiger partial charge in [0.25, 0.3) is 0 Å². The molecular weight excluding hydrogens is 156 g/mol. The Kier molecular flexibility index (Phi) is 3.49. The van der Waals surface area contributed by atoms with Crippen molar-refractivity contribution in [2.24, 2.45) is 5.73 Å². The van der Waals surface area contributed by atoms with E-state index in [2.05, 4.69) is 4.90 Å². The zero-order valence-electron chi connectivity index (χ0n) is 7.45. The first-order chi connectivity index (χ1) is 5.74. The number of rotatable bonds is 3. The Morgan fingerprint density at radius 1 is 1.75 bits per heavy atom. The van der Waals surface area contributed by atoms with Gasteiger partial charge < -0.3 is 10.5 Å². The number of esters is 1. The van der Waals surface area contributed by atoms with E-state index >= 15 is 0 Å². The lowest BCUT2D eigenvalue weighted by atomic mass is 10.2. The summed E-state index contributed by atoms with van der Waals surface area (Å²) >= 11 is 0. The quantitative estimate of drug-likeness (QED) is 0.605. The standard InChI is InChI=1S/C8H16N2O2/c1-7(11)12-6-10-4-2-3-8(10)5-9/h8H,2-6,9H2,1H3/t8-/m1/s1. The second-order valence-corrected chi connectivity index (χ2v) is 3.11. The first-order valence-corrected chi connectivity index (χ1v) is 4.31. The van der Waals surface area contributed by atoms with Crippen LogP contribution in [-0.4, -0.2) is 36.7 Å². The van der Waals surface area contributed by atoms with E-state index < -0.39 is 0 Å². The smallest absolute Gasteiger partial charge is 0.303 e. The largest absolute Gasteiger partial charge is 0.450 e. The van der Waals surface area contributed by atoms with Gasteiger partial charge in [-0.3, -0.25) is 9.69 Å². The summed E-state index contributed by atoms with van der Waals surface area (Å²) in [5, 5.41) is 0. The van der Waals surface area contributed by atoms with Gasteiger partial charge in [0.1, 0.15) is 6.73 Å². The van der Waals surface area contributed by atoms with Gasteiger partial charge in [0.2, 0.25) is 0 Å². The molecule has 0 unspecified atom stereocenters. The highest BCUT2D eigenvalue weighted by Gasteiger charge is 2.23.